The minimum atomic E-state index is -7.43. The first kappa shape index (κ1) is 34.1. The minimum Gasteiger partial charge on any atom is -0.743 e. The van der Waals surface area contributed by atoms with Gasteiger partial charge in [0, 0.05) is 0 Å². The predicted molar refractivity (Wildman–Crippen MR) is 128 cm³/mol. The highest BCUT2D eigenvalue weighted by Crippen LogP contribution is 2.54. The second-order valence-electron chi connectivity index (χ2n) is 7.27. The summed E-state index contributed by atoms with van der Waals surface area (Å²) in [5, 5.41) is -7.11. The molecule has 0 N–H and O–H groups in total. The van der Waals surface area contributed by atoms with Crippen LogP contribution in [0.3, 0.4) is 0 Å². The number of rotatable bonds is 6. The maximum atomic E-state index is 12.2. The summed E-state index contributed by atoms with van der Waals surface area (Å²) in [5.74, 6) is -14.8. The van der Waals surface area contributed by atoms with E-state index >= 15 is 0 Å². The Balaban J connectivity index is 0.000000357. The Hall–Kier alpha value is -2.97. The van der Waals surface area contributed by atoms with E-state index in [1.54, 1.807) is 6.08 Å². The van der Waals surface area contributed by atoms with Gasteiger partial charge in [-0.3, -0.25) is 0 Å². The molecule has 0 unspecified atom stereocenters. The first-order valence-corrected chi connectivity index (χ1v) is 13.1. The molecular weight excluding hydrogens is 583 g/mol. The topological polar surface area (TPSA) is 57.2 Å². The highest BCUT2D eigenvalue weighted by atomic mass is 32.2. The van der Waals surface area contributed by atoms with Crippen molar-refractivity contribution in [1.29, 1.82) is 0 Å². The van der Waals surface area contributed by atoms with Gasteiger partial charge in [0.25, 0.3) is 0 Å². The third-order valence-corrected chi connectivity index (χ3v) is 7.48. The molecule has 3 aromatic carbocycles. The van der Waals surface area contributed by atoms with Crippen molar-refractivity contribution < 1.29 is 52.5 Å². The third-order valence-electron chi connectivity index (χ3n) is 4.37. The van der Waals surface area contributed by atoms with Crippen molar-refractivity contribution in [3.63, 3.8) is 0 Å². The molecule has 0 aliphatic heterocycles. The second-order valence-corrected chi connectivity index (χ2v) is 10.7. The second kappa shape index (κ2) is 13.4. The van der Waals surface area contributed by atoms with E-state index in [0.717, 1.165) is 0 Å². The molecule has 0 saturated heterocycles. The van der Waals surface area contributed by atoms with Crippen molar-refractivity contribution in [2.24, 2.45) is 0 Å². The van der Waals surface area contributed by atoms with Crippen LogP contribution in [0, 0.1) is 0 Å². The zero-order valence-corrected chi connectivity index (χ0v) is 21.5. The Morgan fingerprint density at radius 1 is 0.641 bits per heavy atom. The summed E-state index contributed by atoms with van der Waals surface area (Å²) in [6, 6.07) is 32.2. The fraction of sp³-hybridized carbons (Fsp3) is 0.200. The summed E-state index contributed by atoms with van der Waals surface area (Å²) in [6.07, 6.45) is -5.41. The fourth-order valence-corrected chi connectivity index (χ4v) is 5.14. The van der Waals surface area contributed by atoms with Crippen molar-refractivity contribution in [2.45, 2.75) is 44.9 Å². The lowest BCUT2D eigenvalue weighted by Gasteiger charge is -2.34. The number of allylic oxidation sites excluding steroid dienone is 1. The number of alkyl halides is 9. The van der Waals surface area contributed by atoms with E-state index in [9.17, 15) is 52.5 Å². The van der Waals surface area contributed by atoms with Gasteiger partial charge in [0.1, 0.15) is 0 Å². The van der Waals surface area contributed by atoms with Crippen LogP contribution in [0.4, 0.5) is 39.5 Å². The van der Waals surface area contributed by atoms with Crippen LogP contribution in [0.2, 0.25) is 0 Å². The van der Waals surface area contributed by atoms with E-state index in [-0.39, 0.29) is 10.9 Å². The maximum absolute atomic E-state index is 12.2. The molecule has 0 saturated carbocycles. The normalized spacial score (nSPS) is 12.5. The standard InChI is InChI=1S/C18H15S.C4HF9O3S.C3H6/c1-4-10-16(11-5-1)19(17-12-6-2-7-13-17)18-14-8-3-9-15-18;5-1(6,3(9,10)11)2(7,8)4(12,13)17(14,15)16;1-3-2/h1-15H;(H,14,15,16);3H,1H2,2H3/q+1;;/p-1. The van der Waals surface area contributed by atoms with E-state index in [1.165, 1.54) is 14.7 Å². The number of hydrogen-bond acceptors (Lipinski definition) is 3. The van der Waals surface area contributed by atoms with E-state index in [2.05, 4.69) is 97.6 Å². The minimum absolute atomic E-state index is 0.0146. The summed E-state index contributed by atoms with van der Waals surface area (Å²) in [4.78, 5) is 4.08. The molecule has 39 heavy (non-hydrogen) atoms. The zero-order chi connectivity index (χ0) is 30.1. The Kier molecular flexibility index (Phi) is 11.7. The summed E-state index contributed by atoms with van der Waals surface area (Å²) in [6.45, 7) is 5.25. The van der Waals surface area contributed by atoms with Gasteiger partial charge < -0.3 is 4.55 Å². The van der Waals surface area contributed by atoms with Crippen molar-refractivity contribution in [1.82, 2.24) is 0 Å². The largest absolute Gasteiger partial charge is 0.743 e. The average Bonchev–Trinajstić information content (AvgIpc) is 2.85. The van der Waals surface area contributed by atoms with Crippen molar-refractivity contribution in [2.75, 3.05) is 0 Å². The van der Waals surface area contributed by atoms with Crippen LogP contribution in [-0.4, -0.2) is 36.2 Å². The van der Waals surface area contributed by atoms with Crippen LogP contribution >= 0.6 is 0 Å². The van der Waals surface area contributed by atoms with Crippen LogP contribution in [0.1, 0.15) is 6.92 Å². The van der Waals surface area contributed by atoms with Gasteiger partial charge in [-0.15, -0.1) is 6.58 Å². The van der Waals surface area contributed by atoms with Crippen LogP contribution in [0.15, 0.2) is 118 Å². The molecule has 0 heterocycles. The fourth-order valence-electron chi connectivity index (χ4n) is 2.60. The lowest BCUT2D eigenvalue weighted by Crippen LogP contribution is -2.63. The van der Waals surface area contributed by atoms with Crippen LogP contribution < -0.4 is 0 Å². The van der Waals surface area contributed by atoms with Gasteiger partial charge in [0.15, 0.2) is 24.8 Å². The van der Waals surface area contributed by atoms with Crippen LogP contribution in [0.5, 0.6) is 0 Å². The van der Waals surface area contributed by atoms with Gasteiger partial charge in [-0.1, -0.05) is 60.7 Å². The molecule has 0 fully saturated rings. The summed E-state index contributed by atoms with van der Waals surface area (Å²) >= 11 is 0. The first-order chi connectivity index (χ1) is 17.9. The molecule has 0 amide bonds. The molecule has 0 atom stereocenters. The lowest BCUT2D eigenvalue weighted by molar-refractivity contribution is -0.382. The van der Waals surface area contributed by atoms with Crippen molar-refractivity contribution in [3.8, 4) is 0 Å². The zero-order valence-electron chi connectivity index (χ0n) is 19.9. The molecule has 3 nitrogen and oxygen atoms in total. The predicted octanol–water partition coefficient (Wildman–Crippen LogP) is 7.93. The molecule has 214 valence electrons. The first-order valence-electron chi connectivity index (χ1n) is 10.5. The summed E-state index contributed by atoms with van der Waals surface area (Å²) < 4.78 is 135. The Bertz CT molecular complexity index is 1170. The monoisotopic (exact) mass is 604 g/mol. The van der Waals surface area contributed by atoms with E-state index in [0.29, 0.717) is 0 Å². The van der Waals surface area contributed by atoms with E-state index < -0.39 is 33.4 Å². The molecule has 0 bridgehead atoms. The number of hydrogen-bond donors (Lipinski definition) is 0. The van der Waals surface area contributed by atoms with Crippen LogP contribution in [0.25, 0.3) is 0 Å². The van der Waals surface area contributed by atoms with Gasteiger partial charge in [0.05, 0.1) is 10.9 Å². The van der Waals surface area contributed by atoms with Gasteiger partial charge in [-0.2, -0.15) is 39.5 Å². The van der Waals surface area contributed by atoms with Crippen LogP contribution in [-0.2, 0) is 21.0 Å². The molecule has 14 heteroatoms. The maximum Gasteiger partial charge on any atom is 0.460 e. The molecule has 3 aromatic rings. The summed E-state index contributed by atoms with van der Waals surface area (Å²) in [7, 11) is -7.43. The highest BCUT2D eigenvalue weighted by molar-refractivity contribution is 7.97. The quantitative estimate of drug-likeness (QED) is 0.124. The molecule has 0 aliphatic rings. The number of halogens is 9. The van der Waals surface area contributed by atoms with Gasteiger partial charge in [-0.05, 0) is 43.3 Å². The Morgan fingerprint density at radius 3 is 1.10 bits per heavy atom. The molecule has 3 rings (SSSR count). The molecular formula is C25H21F9O3S2. The van der Waals surface area contributed by atoms with Crippen molar-refractivity contribution >= 4 is 21.0 Å². The molecule has 0 spiro atoms. The third kappa shape index (κ3) is 8.02. The molecule has 0 radical (unpaired) electrons. The van der Waals surface area contributed by atoms with Gasteiger partial charge in [-0.25, -0.2) is 8.42 Å². The van der Waals surface area contributed by atoms with Gasteiger partial charge >= 0.3 is 23.3 Å². The van der Waals surface area contributed by atoms with E-state index in [4.69, 9.17) is 0 Å². The van der Waals surface area contributed by atoms with Gasteiger partial charge in [0.2, 0.25) is 0 Å². The highest BCUT2D eigenvalue weighted by Gasteiger charge is 2.83. The summed E-state index contributed by atoms with van der Waals surface area (Å²) in [5.41, 5.74) is 0. The molecule has 0 aromatic heterocycles. The smallest absolute Gasteiger partial charge is 0.460 e. The Labute approximate surface area is 222 Å². The Morgan fingerprint density at radius 2 is 0.897 bits per heavy atom. The number of benzene rings is 3. The van der Waals surface area contributed by atoms with Crippen molar-refractivity contribution in [3.05, 3.63) is 104 Å². The lowest BCUT2D eigenvalue weighted by atomic mass is 10.1. The van der Waals surface area contributed by atoms with E-state index in [1.807, 2.05) is 6.92 Å². The SMILES string of the molecule is C=CC.O=S(=O)([O-])C(F)(F)C(F)(F)C(F)(F)C(F)(F)F.c1ccc([S+](c2ccccc2)c2ccccc2)cc1. The average molecular weight is 605 g/mol. The molecule has 0 aliphatic carbocycles.